The van der Waals surface area contributed by atoms with Gasteiger partial charge in [0.1, 0.15) is 12.8 Å². The summed E-state index contributed by atoms with van der Waals surface area (Å²) in [5.41, 5.74) is 0.632. The summed E-state index contributed by atoms with van der Waals surface area (Å²) < 4.78 is 9.27. The fourth-order valence-corrected chi connectivity index (χ4v) is 1.88. The SMILES string of the molecule is CCOCn1cc(NC(=O)C(C)n2cc(Br)cn2)cn1. The number of halogens is 1. The van der Waals surface area contributed by atoms with Crippen molar-refractivity contribution >= 4 is 27.5 Å². The summed E-state index contributed by atoms with van der Waals surface area (Å²) in [6.07, 6.45) is 6.70. The van der Waals surface area contributed by atoms with Crippen LogP contribution in [0.3, 0.4) is 0 Å². The maximum Gasteiger partial charge on any atom is 0.249 e. The average molecular weight is 342 g/mol. The van der Waals surface area contributed by atoms with Gasteiger partial charge in [-0.15, -0.1) is 0 Å². The molecule has 2 heterocycles. The third-order valence-electron chi connectivity index (χ3n) is 2.67. The molecule has 0 spiro atoms. The van der Waals surface area contributed by atoms with Crippen LogP contribution < -0.4 is 5.32 Å². The molecule has 0 aliphatic carbocycles. The molecule has 0 aliphatic heterocycles. The minimum Gasteiger partial charge on any atom is -0.360 e. The van der Waals surface area contributed by atoms with Crippen molar-refractivity contribution in [3.8, 4) is 0 Å². The zero-order valence-corrected chi connectivity index (χ0v) is 12.9. The van der Waals surface area contributed by atoms with Gasteiger partial charge in [0, 0.05) is 12.8 Å². The Morgan fingerprint density at radius 1 is 1.45 bits per heavy atom. The Morgan fingerprint density at radius 2 is 2.25 bits per heavy atom. The van der Waals surface area contributed by atoms with Gasteiger partial charge in [-0.05, 0) is 29.8 Å². The minimum absolute atomic E-state index is 0.156. The highest BCUT2D eigenvalue weighted by atomic mass is 79.9. The van der Waals surface area contributed by atoms with Crippen molar-refractivity contribution in [1.82, 2.24) is 19.6 Å². The molecule has 0 aromatic carbocycles. The molecule has 0 radical (unpaired) electrons. The third-order valence-corrected chi connectivity index (χ3v) is 3.08. The predicted molar refractivity (Wildman–Crippen MR) is 77.1 cm³/mol. The van der Waals surface area contributed by atoms with E-state index in [0.717, 1.165) is 4.47 Å². The first-order valence-corrected chi connectivity index (χ1v) is 7.00. The maximum atomic E-state index is 12.1. The van der Waals surface area contributed by atoms with Crippen LogP contribution in [0, 0.1) is 0 Å². The monoisotopic (exact) mass is 341 g/mol. The zero-order valence-electron chi connectivity index (χ0n) is 11.3. The van der Waals surface area contributed by atoms with E-state index >= 15 is 0 Å². The van der Waals surface area contributed by atoms with Gasteiger partial charge in [-0.1, -0.05) is 0 Å². The van der Waals surface area contributed by atoms with Crippen molar-refractivity contribution in [2.45, 2.75) is 26.6 Å². The lowest BCUT2D eigenvalue weighted by Crippen LogP contribution is -2.23. The van der Waals surface area contributed by atoms with Crippen LogP contribution in [-0.4, -0.2) is 32.1 Å². The van der Waals surface area contributed by atoms with Crippen LogP contribution in [0.15, 0.2) is 29.3 Å². The second-order valence-corrected chi connectivity index (χ2v) is 5.11. The van der Waals surface area contributed by atoms with Gasteiger partial charge in [-0.25, -0.2) is 4.68 Å². The number of amides is 1. The first kappa shape index (κ1) is 14.7. The maximum absolute atomic E-state index is 12.1. The lowest BCUT2D eigenvalue weighted by molar-refractivity contribution is -0.119. The molecule has 0 fully saturated rings. The number of ether oxygens (including phenoxy) is 1. The largest absolute Gasteiger partial charge is 0.360 e. The van der Waals surface area contributed by atoms with Gasteiger partial charge in [0.2, 0.25) is 5.91 Å². The fraction of sp³-hybridized carbons (Fsp3) is 0.417. The van der Waals surface area contributed by atoms with E-state index in [9.17, 15) is 4.79 Å². The lowest BCUT2D eigenvalue weighted by atomic mass is 10.3. The van der Waals surface area contributed by atoms with Crippen LogP contribution in [0.1, 0.15) is 19.9 Å². The van der Waals surface area contributed by atoms with Crippen LogP contribution in [0.4, 0.5) is 5.69 Å². The summed E-state index contributed by atoms with van der Waals surface area (Å²) >= 11 is 3.30. The van der Waals surface area contributed by atoms with E-state index in [2.05, 4.69) is 31.4 Å². The first-order chi connectivity index (χ1) is 9.60. The molecule has 2 aromatic rings. The van der Waals surface area contributed by atoms with Crippen LogP contribution >= 0.6 is 15.9 Å². The van der Waals surface area contributed by atoms with Gasteiger partial charge in [-0.2, -0.15) is 10.2 Å². The quantitative estimate of drug-likeness (QED) is 0.872. The molecular weight excluding hydrogens is 326 g/mol. The number of carbonyl (C=O) groups excluding carboxylic acids is 1. The molecule has 8 heteroatoms. The molecule has 2 rings (SSSR count). The summed E-state index contributed by atoms with van der Waals surface area (Å²) in [4.78, 5) is 12.1. The molecule has 0 saturated heterocycles. The van der Waals surface area contributed by atoms with Crippen LogP contribution in [0.2, 0.25) is 0 Å². The van der Waals surface area contributed by atoms with Crippen molar-refractivity contribution in [3.05, 3.63) is 29.3 Å². The molecule has 1 unspecified atom stereocenters. The van der Waals surface area contributed by atoms with Crippen LogP contribution in [-0.2, 0) is 16.3 Å². The van der Waals surface area contributed by atoms with Crippen LogP contribution in [0.5, 0.6) is 0 Å². The highest BCUT2D eigenvalue weighted by Crippen LogP contribution is 2.14. The molecule has 0 aliphatic rings. The van der Waals surface area contributed by atoms with E-state index in [1.165, 1.54) is 0 Å². The Hall–Kier alpha value is -1.67. The number of nitrogens with zero attached hydrogens (tertiary/aromatic N) is 4. The second-order valence-electron chi connectivity index (χ2n) is 4.19. The topological polar surface area (TPSA) is 74.0 Å². The number of hydrogen-bond donors (Lipinski definition) is 1. The lowest BCUT2D eigenvalue weighted by Gasteiger charge is -2.11. The normalized spacial score (nSPS) is 12.3. The standard InChI is InChI=1S/C12H16BrN5O2/c1-3-20-8-17-7-11(5-14-17)16-12(19)9(2)18-6-10(13)4-15-18/h4-7,9H,3,8H2,1-2H3,(H,16,19). The first-order valence-electron chi connectivity index (χ1n) is 6.21. The molecule has 0 saturated carbocycles. The smallest absolute Gasteiger partial charge is 0.249 e. The number of anilines is 1. The van der Waals surface area contributed by atoms with Crippen molar-refractivity contribution in [1.29, 1.82) is 0 Å². The minimum atomic E-state index is -0.406. The Balaban J connectivity index is 1.95. The van der Waals surface area contributed by atoms with E-state index in [-0.39, 0.29) is 5.91 Å². The highest BCUT2D eigenvalue weighted by Gasteiger charge is 2.16. The van der Waals surface area contributed by atoms with Crippen LogP contribution in [0.25, 0.3) is 0 Å². The van der Waals surface area contributed by atoms with Gasteiger partial charge in [0.15, 0.2) is 0 Å². The van der Waals surface area contributed by atoms with E-state index in [1.807, 2.05) is 6.92 Å². The Morgan fingerprint density at radius 3 is 2.90 bits per heavy atom. The molecule has 1 N–H and O–H groups in total. The molecule has 2 aromatic heterocycles. The van der Waals surface area contributed by atoms with Gasteiger partial charge >= 0.3 is 0 Å². The summed E-state index contributed by atoms with van der Waals surface area (Å²) in [6, 6.07) is -0.406. The molecule has 0 bridgehead atoms. The number of carbonyl (C=O) groups is 1. The van der Waals surface area contributed by atoms with Crippen molar-refractivity contribution in [2.75, 3.05) is 11.9 Å². The van der Waals surface area contributed by atoms with E-state index in [1.54, 1.807) is 41.1 Å². The molecular formula is C12H16BrN5O2. The Labute approximate surface area is 125 Å². The van der Waals surface area contributed by atoms with E-state index < -0.39 is 6.04 Å². The van der Waals surface area contributed by atoms with Gasteiger partial charge < -0.3 is 10.1 Å². The van der Waals surface area contributed by atoms with E-state index in [0.29, 0.717) is 19.0 Å². The van der Waals surface area contributed by atoms with Gasteiger partial charge in [0.25, 0.3) is 0 Å². The molecule has 1 amide bonds. The summed E-state index contributed by atoms with van der Waals surface area (Å²) in [7, 11) is 0. The second kappa shape index (κ2) is 6.67. The number of hydrogen-bond acceptors (Lipinski definition) is 4. The van der Waals surface area contributed by atoms with Crippen molar-refractivity contribution in [2.24, 2.45) is 0 Å². The van der Waals surface area contributed by atoms with Crippen molar-refractivity contribution in [3.63, 3.8) is 0 Å². The van der Waals surface area contributed by atoms with E-state index in [4.69, 9.17) is 4.74 Å². The summed E-state index contributed by atoms with van der Waals surface area (Å²) in [5, 5.41) is 11.0. The highest BCUT2D eigenvalue weighted by molar-refractivity contribution is 9.10. The number of aromatic nitrogens is 4. The molecule has 1 atom stereocenters. The van der Waals surface area contributed by atoms with Gasteiger partial charge in [-0.3, -0.25) is 9.48 Å². The molecule has 7 nitrogen and oxygen atoms in total. The Bertz CT molecular complexity index is 580. The zero-order chi connectivity index (χ0) is 14.5. The summed E-state index contributed by atoms with van der Waals surface area (Å²) in [5.74, 6) is -0.156. The summed E-state index contributed by atoms with van der Waals surface area (Å²) in [6.45, 7) is 4.68. The number of nitrogens with one attached hydrogen (secondary N) is 1. The third kappa shape index (κ3) is 3.67. The molecule has 20 heavy (non-hydrogen) atoms. The van der Waals surface area contributed by atoms with Crippen molar-refractivity contribution < 1.29 is 9.53 Å². The average Bonchev–Trinajstić information content (AvgIpc) is 3.04. The Kier molecular flexibility index (Phi) is 4.91. The van der Waals surface area contributed by atoms with Gasteiger partial charge in [0.05, 0.1) is 28.8 Å². The molecule has 108 valence electrons. The fourth-order valence-electron chi connectivity index (χ4n) is 1.58. The predicted octanol–water partition coefficient (Wildman–Crippen LogP) is 2.04. The number of rotatable bonds is 6.